The molecule has 0 saturated carbocycles. The summed E-state index contributed by atoms with van der Waals surface area (Å²) in [6.45, 7) is 3.33. The fourth-order valence-electron chi connectivity index (χ4n) is 3.37. The van der Waals surface area contributed by atoms with Gasteiger partial charge >= 0.3 is 0 Å². The summed E-state index contributed by atoms with van der Waals surface area (Å²) < 4.78 is 0. The highest BCUT2D eigenvalue weighted by Crippen LogP contribution is 2.31. The van der Waals surface area contributed by atoms with Crippen molar-refractivity contribution in [2.45, 2.75) is 12.5 Å². The van der Waals surface area contributed by atoms with Crippen LogP contribution >= 0.6 is 24.8 Å². The van der Waals surface area contributed by atoms with Crippen molar-refractivity contribution in [1.82, 2.24) is 15.2 Å². The van der Waals surface area contributed by atoms with Crippen molar-refractivity contribution in [3.63, 3.8) is 0 Å². The van der Waals surface area contributed by atoms with Gasteiger partial charge in [0.15, 0.2) is 0 Å². The lowest BCUT2D eigenvalue weighted by atomic mass is 9.89. The molecule has 0 aliphatic carbocycles. The summed E-state index contributed by atoms with van der Waals surface area (Å²) in [5, 5.41) is 2.96. The van der Waals surface area contributed by atoms with Crippen molar-refractivity contribution >= 4 is 30.7 Å². The fourth-order valence-corrected chi connectivity index (χ4v) is 3.37. The van der Waals surface area contributed by atoms with E-state index in [1.54, 1.807) is 12.4 Å². The van der Waals surface area contributed by atoms with Gasteiger partial charge in [0.25, 0.3) is 0 Å². The maximum Gasteiger partial charge on any atom is 0.234 e. The average Bonchev–Trinajstić information content (AvgIpc) is 3.04. The van der Waals surface area contributed by atoms with Gasteiger partial charge in [0.2, 0.25) is 5.91 Å². The van der Waals surface area contributed by atoms with Crippen molar-refractivity contribution in [3.8, 4) is 0 Å². The lowest BCUT2D eigenvalue weighted by molar-refractivity contribution is -0.122. The molecule has 0 unspecified atom stereocenters. The smallest absolute Gasteiger partial charge is 0.234 e. The lowest BCUT2D eigenvalue weighted by Gasteiger charge is -2.16. The highest BCUT2D eigenvalue weighted by atomic mass is 35.5. The zero-order chi connectivity index (χ0) is 16.8. The number of nitrogens with one attached hydrogen (secondary N) is 1. The number of carbonyl (C=O) groups is 1. The molecule has 1 aromatic carbocycles. The largest absolute Gasteiger partial charge is 0.351 e. The summed E-state index contributed by atoms with van der Waals surface area (Å²) in [6, 6.07) is 14.3. The summed E-state index contributed by atoms with van der Waals surface area (Å²) in [5.41, 5.74) is 8.27. The Morgan fingerprint density at radius 1 is 1.15 bits per heavy atom. The third-order valence-electron chi connectivity index (χ3n) is 4.63. The molecular formula is C19H26Cl2N4O. The molecule has 1 aromatic heterocycles. The molecular weight excluding hydrogens is 371 g/mol. The second-order valence-electron chi connectivity index (χ2n) is 6.35. The molecule has 7 heteroatoms. The molecule has 142 valence electrons. The summed E-state index contributed by atoms with van der Waals surface area (Å²) in [5.74, 6) is 0.851. The number of halogens is 2. The van der Waals surface area contributed by atoms with Gasteiger partial charge in [-0.1, -0.05) is 36.4 Å². The van der Waals surface area contributed by atoms with Crippen molar-refractivity contribution < 1.29 is 4.79 Å². The van der Waals surface area contributed by atoms with E-state index in [1.807, 2.05) is 18.2 Å². The topological polar surface area (TPSA) is 71.2 Å². The molecule has 26 heavy (non-hydrogen) atoms. The van der Waals surface area contributed by atoms with Crippen LogP contribution in [0.3, 0.4) is 0 Å². The zero-order valence-electron chi connectivity index (χ0n) is 14.6. The van der Waals surface area contributed by atoms with E-state index in [0.717, 1.165) is 18.7 Å². The summed E-state index contributed by atoms with van der Waals surface area (Å²) in [7, 11) is 0. The number of hydrogen-bond donors (Lipinski definition) is 2. The highest BCUT2D eigenvalue weighted by Gasteiger charge is 2.33. The van der Waals surface area contributed by atoms with Crippen LogP contribution < -0.4 is 11.1 Å². The van der Waals surface area contributed by atoms with Gasteiger partial charge in [-0.05, 0) is 29.7 Å². The van der Waals surface area contributed by atoms with Crippen molar-refractivity contribution in [2.75, 3.05) is 26.2 Å². The number of benzene rings is 1. The highest BCUT2D eigenvalue weighted by molar-refractivity contribution is 5.85. The predicted octanol–water partition coefficient (Wildman–Crippen LogP) is 2.22. The molecule has 1 fully saturated rings. The number of nitrogens with zero attached hydrogens (tertiary/aromatic N) is 2. The molecule has 5 nitrogen and oxygen atoms in total. The maximum atomic E-state index is 12.2. The van der Waals surface area contributed by atoms with Crippen LogP contribution in [0.1, 0.15) is 17.0 Å². The van der Waals surface area contributed by atoms with Gasteiger partial charge in [0, 0.05) is 37.9 Å². The second kappa shape index (κ2) is 11.1. The lowest BCUT2D eigenvalue weighted by Crippen LogP contribution is -2.36. The first-order valence-corrected chi connectivity index (χ1v) is 8.39. The third-order valence-corrected chi connectivity index (χ3v) is 4.63. The van der Waals surface area contributed by atoms with E-state index >= 15 is 0 Å². The molecule has 1 saturated heterocycles. The Bertz CT molecular complexity index is 657. The summed E-state index contributed by atoms with van der Waals surface area (Å²) in [6.07, 6.45) is 3.50. The fraction of sp³-hybridized carbons (Fsp3) is 0.368. The van der Waals surface area contributed by atoms with Gasteiger partial charge in [-0.2, -0.15) is 0 Å². The van der Waals surface area contributed by atoms with Crippen LogP contribution in [-0.4, -0.2) is 42.0 Å². The number of aromatic nitrogens is 1. The number of amides is 1. The Morgan fingerprint density at radius 3 is 2.58 bits per heavy atom. The Kier molecular flexibility index (Phi) is 9.59. The number of rotatable bonds is 6. The monoisotopic (exact) mass is 396 g/mol. The molecule has 2 heterocycles. The van der Waals surface area contributed by atoms with Gasteiger partial charge in [0.1, 0.15) is 0 Å². The minimum atomic E-state index is 0. The van der Waals surface area contributed by atoms with Crippen molar-refractivity contribution in [1.29, 1.82) is 0 Å². The molecule has 0 spiro atoms. The van der Waals surface area contributed by atoms with E-state index in [1.165, 1.54) is 5.56 Å². The van der Waals surface area contributed by atoms with Crippen LogP contribution in [0.15, 0.2) is 54.9 Å². The normalized spacial score (nSPS) is 19.3. The van der Waals surface area contributed by atoms with E-state index in [0.29, 0.717) is 31.5 Å². The first kappa shape index (κ1) is 22.4. The van der Waals surface area contributed by atoms with Crippen LogP contribution in [0.4, 0.5) is 0 Å². The standard InChI is InChI=1S/C19H24N4O.2ClH/c20-9-17-12-23(13-18(17)16-6-2-1-3-7-16)14-19(24)22-11-15-5-4-8-21-10-15;;/h1-8,10,17-18H,9,11-14,20H2,(H,22,24);2*1H/t17-,18+;;/m1../s1. The van der Waals surface area contributed by atoms with Crippen LogP contribution in [-0.2, 0) is 11.3 Å². The van der Waals surface area contributed by atoms with Crippen molar-refractivity contribution in [3.05, 3.63) is 66.0 Å². The number of hydrogen-bond acceptors (Lipinski definition) is 4. The second-order valence-corrected chi connectivity index (χ2v) is 6.35. The predicted molar refractivity (Wildman–Crippen MR) is 109 cm³/mol. The van der Waals surface area contributed by atoms with Crippen molar-refractivity contribution in [2.24, 2.45) is 11.7 Å². The van der Waals surface area contributed by atoms with Gasteiger partial charge in [-0.3, -0.25) is 14.7 Å². The maximum absolute atomic E-state index is 12.2. The minimum absolute atomic E-state index is 0. The van der Waals surface area contributed by atoms with Crippen LogP contribution in [0, 0.1) is 5.92 Å². The average molecular weight is 397 g/mol. The molecule has 0 bridgehead atoms. The Morgan fingerprint density at radius 2 is 1.92 bits per heavy atom. The minimum Gasteiger partial charge on any atom is -0.351 e. The quantitative estimate of drug-likeness (QED) is 0.784. The summed E-state index contributed by atoms with van der Waals surface area (Å²) in [4.78, 5) is 18.5. The molecule has 0 radical (unpaired) electrons. The van der Waals surface area contributed by atoms with E-state index in [4.69, 9.17) is 5.73 Å². The van der Waals surface area contributed by atoms with E-state index in [2.05, 4.69) is 39.5 Å². The zero-order valence-corrected chi connectivity index (χ0v) is 16.2. The SMILES string of the molecule is Cl.Cl.NC[C@@H]1CN(CC(=O)NCc2cccnc2)C[C@H]1c1ccccc1. The van der Waals surface area contributed by atoms with Crippen LogP contribution in [0.5, 0.6) is 0 Å². The van der Waals surface area contributed by atoms with Crippen LogP contribution in [0.25, 0.3) is 0 Å². The molecule has 1 aliphatic heterocycles. The number of carbonyl (C=O) groups excluding carboxylic acids is 1. The Hall–Kier alpha value is -1.66. The van der Waals surface area contributed by atoms with E-state index in [-0.39, 0.29) is 30.7 Å². The van der Waals surface area contributed by atoms with Gasteiger partial charge in [-0.25, -0.2) is 0 Å². The van der Waals surface area contributed by atoms with E-state index in [9.17, 15) is 4.79 Å². The molecule has 3 rings (SSSR count). The molecule has 2 aromatic rings. The number of pyridine rings is 1. The molecule has 2 atom stereocenters. The number of nitrogens with two attached hydrogens (primary N) is 1. The van der Waals surface area contributed by atoms with Gasteiger partial charge in [-0.15, -0.1) is 24.8 Å². The van der Waals surface area contributed by atoms with Crippen LogP contribution in [0.2, 0.25) is 0 Å². The first-order valence-electron chi connectivity index (χ1n) is 8.39. The number of likely N-dealkylation sites (tertiary alicyclic amines) is 1. The summed E-state index contributed by atoms with van der Waals surface area (Å²) >= 11 is 0. The molecule has 1 aliphatic rings. The Balaban J connectivity index is 0.00000169. The van der Waals surface area contributed by atoms with Gasteiger partial charge in [0.05, 0.1) is 6.54 Å². The third kappa shape index (κ3) is 5.95. The molecule has 3 N–H and O–H groups in total. The van der Waals surface area contributed by atoms with E-state index < -0.39 is 0 Å². The molecule has 1 amide bonds. The first-order chi connectivity index (χ1) is 11.8. The Labute approximate surface area is 167 Å². The van der Waals surface area contributed by atoms with Gasteiger partial charge < -0.3 is 11.1 Å².